The van der Waals surface area contributed by atoms with Crippen molar-refractivity contribution in [2.75, 3.05) is 6.54 Å². The summed E-state index contributed by atoms with van der Waals surface area (Å²) in [6.07, 6.45) is 6.91. The van der Waals surface area contributed by atoms with Crippen LogP contribution in [0.2, 0.25) is 0 Å². The lowest BCUT2D eigenvalue weighted by molar-refractivity contribution is 0.402. The van der Waals surface area contributed by atoms with Crippen LogP contribution in [0.15, 0.2) is 0 Å². The summed E-state index contributed by atoms with van der Waals surface area (Å²) in [4.78, 5) is 1.37. The van der Waals surface area contributed by atoms with Gasteiger partial charge < -0.3 is 5.32 Å². The van der Waals surface area contributed by atoms with Gasteiger partial charge in [-0.05, 0) is 36.3 Å². The second-order valence-corrected chi connectivity index (χ2v) is 6.46. The van der Waals surface area contributed by atoms with E-state index in [1.807, 2.05) is 0 Å². The van der Waals surface area contributed by atoms with Crippen LogP contribution in [-0.4, -0.2) is 16.1 Å². The quantitative estimate of drug-likeness (QED) is 0.849. The van der Waals surface area contributed by atoms with E-state index in [1.165, 1.54) is 42.7 Å². The van der Waals surface area contributed by atoms with Crippen molar-refractivity contribution in [1.29, 1.82) is 0 Å². The second kappa shape index (κ2) is 6.62. The molecular weight excluding hydrogens is 242 g/mol. The molecule has 1 fully saturated rings. The number of hydrogen-bond donors (Lipinski definition) is 1. The molecule has 1 atom stereocenters. The fourth-order valence-electron chi connectivity index (χ4n) is 2.96. The van der Waals surface area contributed by atoms with Crippen molar-refractivity contribution in [1.82, 2.24) is 14.9 Å². The summed E-state index contributed by atoms with van der Waals surface area (Å²) in [5.74, 6) is 1.37. The maximum absolute atomic E-state index is 4.32. The van der Waals surface area contributed by atoms with Crippen molar-refractivity contribution in [2.45, 2.75) is 64.8 Å². The summed E-state index contributed by atoms with van der Waals surface area (Å²) >= 11 is 1.59. The zero-order valence-corrected chi connectivity index (χ0v) is 12.6. The summed E-state index contributed by atoms with van der Waals surface area (Å²) in [5, 5.41) is 7.96. The van der Waals surface area contributed by atoms with Crippen LogP contribution in [0.25, 0.3) is 0 Å². The van der Waals surface area contributed by atoms with E-state index in [0.717, 1.165) is 12.5 Å². The zero-order valence-electron chi connectivity index (χ0n) is 11.8. The molecule has 1 unspecified atom stereocenters. The van der Waals surface area contributed by atoms with Gasteiger partial charge in [-0.25, -0.2) is 0 Å². The first kappa shape index (κ1) is 13.9. The highest BCUT2D eigenvalue weighted by atomic mass is 32.1. The van der Waals surface area contributed by atoms with Crippen molar-refractivity contribution >= 4 is 11.5 Å². The molecule has 3 nitrogen and oxygen atoms in total. The maximum Gasteiger partial charge on any atom is 0.0829 e. The minimum Gasteiger partial charge on any atom is -0.309 e. The van der Waals surface area contributed by atoms with Gasteiger partial charge >= 0.3 is 0 Å². The lowest BCUT2D eigenvalue weighted by atomic mass is 9.95. The van der Waals surface area contributed by atoms with Crippen LogP contribution in [0.4, 0.5) is 0 Å². The van der Waals surface area contributed by atoms with Crippen molar-refractivity contribution in [3.05, 3.63) is 10.6 Å². The normalized spacial score (nSPS) is 18.7. The molecule has 1 aliphatic rings. The van der Waals surface area contributed by atoms with Crippen LogP contribution in [0, 0.1) is 5.92 Å². The van der Waals surface area contributed by atoms with E-state index in [4.69, 9.17) is 0 Å². The molecular formula is C14H25N3S. The molecule has 4 heteroatoms. The van der Waals surface area contributed by atoms with Crippen molar-refractivity contribution in [3.8, 4) is 0 Å². The smallest absolute Gasteiger partial charge is 0.0829 e. The van der Waals surface area contributed by atoms with Crippen LogP contribution in [0.1, 0.15) is 75.4 Å². The molecule has 0 saturated heterocycles. The fraction of sp³-hybridized carbons (Fsp3) is 0.857. The lowest BCUT2D eigenvalue weighted by Crippen LogP contribution is -2.23. The van der Waals surface area contributed by atoms with Gasteiger partial charge in [-0.3, -0.25) is 0 Å². The average Bonchev–Trinajstić information content (AvgIpc) is 2.99. The zero-order chi connectivity index (χ0) is 13.0. The Morgan fingerprint density at radius 1 is 1.33 bits per heavy atom. The van der Waals surface area contributed by atoms with Gasteiger partial charge in [0.2, 0.25) is 0 Å². The van der Waals surface area contributed by atoms with Crippen molar-refractivity contribution in [3.63, 3.8) is 0 Å². The van der Waals surface area contributed by atoms with Gasteiger partial charge in [0.05, 0.1) is 10.6 Å². The third-order valence-corrected chi connectivity index (χ3v) is 4.75. The Bertz CT molecular complexity index is 356. The van der Waals surface area contributed by atoms with Crippen LogP contribution < -0.4 is 5.32 Å². The Kier molecular flexibility index (Phi) is 5.13. The predicted octanol–water partition coefficient (Wildman–Crippen LogP) is 3.89. The molecule has 0 radical (unpaired) electrons. The minimum absolute atomic E-state index is 0.468. The predicted molar refractivity (Wildman–Crippen MR) is 77.0 cm³/mol. The topological polar surface area (TPSA) is 37.8 Å². The van der Waals surface area contributed by atoms with E-state index in [0.29, 0.717) is 12.0 Å². The lowest BCUT2D eigenvalue weighted by Gasteiger charge is -2.21. The first-order valence-corrected chi connectivity index (χ1v) is 8.05. The Labute approximate surface area is 115 Å². The molecule has 0 bridgehead atoms. The van der Waals surface area contributed by atoms with Crippen molar-refractivity contribution in [2.24, 2.45) is 5.92 Å². The molecule has 0 aromatic carbocycles. The first-order chi connectivity index (χ1) is 8.72. The molecule has 102 valence electrons. The van der Waals surface area contributed by atoms with Gasteiger partial charge in [0.1, 0.15) is 0 Å². The number of hydrogen-bond acceptors (Lipinski definition) is 4. The first-order valence-electron chi connectivity index (χ1n) is 7.27. The second-order valence-electron chi connectivity index (χ2n) is 5.67. The number of aromatic nitrogens is 2. The average molecular weight is 267 g/mol. The molecule has 18 heavy (non-hydrogen) atoms. The molecule has 1 aromatic rings. The molecule has 1 aromatic heterocycles. The van der Waals surface area contributed by atoms with Crippen molar-refractivity contribution < 1.29 is 0 Å². The number of nitrogens with zero attached hydrogens (tertiary/aromatic N) is 2. The van der Waals surface area contributed by atoms with Gasteiger partial charge in [-0.2, -0.15) is 0 Å². The molecule has 0 amide bonds. The van der Waals surface area contributed by atoms with Gasteiger partial charge in [0, 0.05) is 6.04 Å². The van der Waals surface area contributed by atoms with Gasteiger partial charge in [0.25, 0.3) is 0 Å². The minimum atomic E-state index is 0.468. The third kappa shape index (κ3) is 3.29. The van der Waals surface area contributed by atoms with Crippen LogP contribution >= 0.6 is 11.5 Å². The Morgan fingerprint density at radius 2 is 2.06 bits per heavy atom. The summed E-state index contributed by atoms with van der Waals surface area (Å²) in [5.41, 5.74) is 1.20. The van der Waals surface area contributed by atoms with E-state index in [-0.39, 0.29) is 0 Å². The Morgan fingerprint density at radius 3 is 2.67 bits per heavy atom. The summed E-state index contributed by atoms with van der Waals surface area (Å²) in [6, 6.07) is 0.468. The largest absolute Gasteiger partial charge is 0.309 e. The van der Waals surface area contributed by atoms with E-state index in [1.54, 1.807) is 11.5 Å². The standard InChI is InChI=1S/C14H25N3S/c1-4-15-12(9-11-7-5-6-8-11)14-13(10(2)3)16-17-18-14/h10-12,15H,4-9H2,1-3H3. The monoisotopic (exact) mass is 267 g/mol. The van der Waals surface area contributed by atoms with Crippen LogP contribution in [-0.2, 0) is 0 Å². The highest BCUT2D eigenvalue weighted by Gasteiger charge is 2.25. The number of rotatable bonds is 6. The summed E-state index contributed by atoms with van der Waals surface area (Å²) in [6.45, 7) is 7.62. The van der Waals surface area contributed by atoms with E-state index >= 15 is 0 Å². The highest BCUT2D eigenvalue weighted by molar-refractivity contribution is 7.05. The molecule has 1 heterocycles. The van der Waals surface area contributed by atoms with E-state index < -0.39 is 0 Å². The number of nitrogens with one attached hydrogen (secondary N) is 1. The van der Waals surface area contributed by atoms with Gasteiger partial charge in [-0.15, -0.1) is 5.10 Å². The molecule has 1 aliphatic carbocycles. The fourth-order valence-corrected chi connectivity index (χ4v) is 3.85. The maximum atomic E-state index is 4.32. The molecule has 0 spiro atoms. The summed E-state index contributed by atoms with van der Waals surface area (Å²) in [7, 11) is 0. The Balaban J connectivity index is 2.09. The van der Waals surface area contributed by atoms with E-state index in [9.17, 15) is 0 Å². The highest BCUT2D eigenvalue weighted by Crippen LogP contribution is 2.36. The van der Waals surface area contributed by atoms with Gasteiger partial charge in [0.15, 0.2) is 0 Å². The van der Waals surface area contributed by atoms with Crippen LogP contribution in [0.5, 0.6) is 0 Å². The van der Waals surface area contributed by atoms with E-state index in [2.05, 4.69) is 35.7 Å². The molecule has 2 rings (SSSR count). The molecule has 1 saturated carbocycles. The van der Waals surface area contributed by atoms with Crippen LogP contribution in [0.3, 0.4) is 0 Å². The molecule has 1 N–H and O–H groups in total. The Hall–Kier alpha value is -0.480. The SMILES string of the molecule is CCNC(CC1CCCC1)c1snnc1C(C)C. The summed E-state index contributed by atoms with van der Waals surface area (Å²) < 4.78 is 4.17. The molecule has 0 aliphatic heterocycles. The van der Waals surface area contributed by atoms with Gasteiger partial charge in [-0.1, -0.05) is 50.9 Å². The third-order valence-electron chi connectivity index (χ3n) is 3.90.